The largest absolute Gasteiger partial charge is 0.383 e. The molecule has 176 valence electrons. The number of Topliss-reactive ketones (excluding diaryl/α,β-unsaturated/α-hetero) is 1. The molecule has 4 rings (SSSR count). The molecule has 0 unspecified atom stereocenters. The zero-order valence-corrected chi connectivity index (χ0v) is 21.3. The van der Waals surface area contributed by atoms with Gasteiger partial charge in [-0.3, -0.25) is 4.79 Å². The van der Waals surface area contributed by atoms with E-state index >= 15 is 0 Å². The summed E-state index contributed by atoms with van der Waals surface area (Å²) in [5, 5.41) is 20.0. The van der Waals surface area contributed by atoms with E-state index in [-0.39, 0.29) is 39.3 Å². The van der Waals surface area contributed by atoms with Gasteiger partial charge in [0.2, 0.25) is 0 Å². The molecule has 0 bridgehead atoms. The Labute approximate surface area is 211 Å². The Morgan fingerprint density at radius 1 is 0.971 bits per heavy atom. The molecule has 5 nitrogen and oxygen atoms in total. The predicted octanol–water partition coefficient (Wildman–Crippen LogP) is 6.40. The van der Waals surface area contributed by atoms with Crippen molar-refractivity contribution in [3.8, 4) is 23.3 Å². The number of anilines is 1. The molecular weight excluding hydrogens is 452 g/mol. The summed E-state index contributed by atoms with van der Waals surface area (Å²) in [6.45, 7) is 8.98. The van der Waals surface area contributed by atoms with Gasteiger partial charge >= 0.3 is 0 Å². The average molecular weight is 481 g/mol. The molecule has 1 heterocycles. The van der Waals surface area contributed by atoms with Crippen molar-refractivity contribution in [2.24, 2.45) is 0 Å². The van der Waals surface area contributed by atoms with Gasteiger partial charge in [0, 0.05) is 11.1 Å². The van der Waals surface area contributed by atoms with Gasteiger partial charge in [0.1, 0.15) is 28.5 Å². The Morgan fingerprint density at radius 3 is 2.23 bits per heavy atom. The highest BCUT2D eigenvalue weighted by atomic mass is 32.2. The predicted molar refractivity (Wildman–Crippen MR) is 140 cm³/mol. The zero-order chi connectivity index (χ0) is 25.4. The molecule has 0 spiro atoms. The van der Waals surface area contributed by atoms with Gasteiger partial charge in [-0.15, -0.1) is 0 Å². The number of hydrogen-bond donors (Lipinski definition) is 1. The van der Waals surface area contributed by atoms with Crippen molar-refractivity contribution in [3.05, 3.63) is 76.3 Å². The molecule has 6 heteroatoms. The number of nitrogens with zero attached hydrogens (tertiary/aromatic N) is 3. The summed E-state index contributed by atoms with van der Waals surface area (Å²) in [4.78, 5) is 17.5. The van der Waals surface area contributed by atoms with Crippen molar-refractivity contribution < 1.29 is 4.79 Å². The molecule has 0 fully saturated rings. The average Bonchev–Trinajstić information content (AvgIpc) is 2.85. The van der Waals surface area contributed by atoms with Crippen molar-refractivity contribution in [3.63, 3.8) is 0 Å². The van der Waals surface area contributed by atoms with Crippen LogP contribution in [0.3, 0.4) is 0 Å². The molecule has 35 heavy (non-hydrogen) atoms. The first-order valence-corrected chi connectivity index (χ1v) is 12.6. The van der Waals surface area contributed by atoms with E-state index in [1.807, 2.05) is 42.5 Å². The lowest BCUT2D eigenvalue weighted by molar-refractivity contribution is 0.102. The first kappa shape index (κ1) is 24.5. The number of carbonyl (C=O) groups is 1. The van der Waals surface area contributed by atoms with Gasteiger partial charge in [0.05, 0.1) is 11.3 Å². The molecule has 1 aliphatic carbocycles. The smallest absolute Gasteiger partial charge is 0.173 e. The maximum absolute atomic E-state index is 13.2. The first-order chi connectivity index (χ1) is 16.6. The van der Waals surface area contributed by atoms with Crippen LogP contribution in [0.1, 0.15) is 73.1 Å². The molecule has 0 amide bonds. The minimum atomic E-state index is -0.0353. The molecule has 1 aliphatic rings. The van der Waals surface area contributed by atoms with Gasteiger partial charge in [0.25, 0.3) is 0 Å². The molecule has 0 radical (unpaired) electrons. The number of benzene rings is 2. The minimum absolute atomic E-state index is 0.00990. The quantitative estimate of drug-likeness (QED) is 0.335. The van der Waals surface area contributed by atoms with E-state index in [1.165, 1.54) is 22.9 Å². The standard InChI is InChI=1S/C29H28N4OS/c1-28(2)12-13-29(3,4)23-14-19(10-11-22(23)28)24(34)17-35-27-21(16-31)25(18-8-6-5-7-9-18)20(15-30)26(32)33-27/h5-11,14H,12-13,17H2,1-4H3,(H2,32,33). The van der Waals surface area contributed by atoms with E-state index < -0.39 is 0 Å². The zero-order valence-electron chi connectivity index (χ0n) is 20.5. The van der Waals surface area contributed by atoms with E-state index in [0.717, 1.165) is 12.8 Å². The van der Waals surface area contributed by atoms with E-state index in [4.69, 9.17) is 5.73 Å². The number of hydrogen-bond acceptors (Lipinski definition) is 6. The Kier molecular flexibility index (Phi) is 6.45. The highest BCUT2D eigenvalue weighted by Gasteiger charge is 2.37. The summed E-state index contributed by atoms with van der Waals surface area (Å²) in [6, 6.07) is 19.5. The Balaban J connectivity index is 1.67. The van der Waals surface area contributed by atoms with Gasteiger partial charge in [-0.1, -0.05) is 81.9 Å². The number of nitrogen functional groups attached to an aromatic ring is 1. The lowest BCUT2D eigenvalue weighted by Crippen LogP contribution is -2.34. The van der Waals surface area contributed by atoms with Crippen molar-refractivity contribution >= 4 is 23.4 Å². The summed E-state index contributed by atoms with van der Waals surface area (Å²) in [5.74, 6) is 0.133. The second-order valence-corrected chi connectivity index (χ2v) is 11.2. The summed E-state index contributed by atoms with van der Waals surface area (Å²) < 4.78 is 0. The van der Waals surface area contributed by atoms with E-state index in [2.05, 4.69) is 50.9 Å². The number of nitriles is 2. The van der Waals surface area contributed by atoms with Crippen LogP contribution in [0.4, 0.5) is 5.82 Å². The molecule has 0 saturated heterocycles. The molecule has 1 aromatic heterocycles. The van der Waals surface area contributed by atoms with Gasteiger partial charge in [-0.25, -0.2) is 4.98 Å². The Hall–Kier alpha value is -3.61. The first-order valence-electron chi connectivity index (χ1n) is 11.6. The van der Waals surface area contributed by atoms with Crippen LogP contribution < -0.4 is 5.73 Å². The van der Waals surface area contributed by atoms with Gasteiger partial charge in [-0.05, 0) is 46.4 Å². The van der Waals surface area contributed by atoms with Crippen molar-refractivity contribution in [2.45, 2.75) is 56.4 Å². The molecular formula is C29H28N4OS. The third kappa shape index (κ3) is 4.55. The molecule has 0 saturated carbocycles. The van der Waals surface area contributed by atoms with Gasteiger partial charge in [0.15, 0.2) is 5.78 Å². The molecule has 0 atom stereocenters. The van der Waals surface area contributed by atoms with E-state index in [9.17, 15) is 15.3 Å². The number of carbonyl (C=O) groups excluding carboxylic acids is 1. The van der Waals surface area contributed by atoms with Crippen molar-refractivity contribution in [1.29, 1.82) is 10.5 Å². The van der Waals surface area contributed by atoms with E-state index in [0.29, 0.717) is 21.7 Å². The van der Waals surface area contributed by atoms with Crippen LogP contribution in [-0.2, 0) is 10.8 Å². The number of fused-ring (bicyclic) bond motifs is 1. The van der Waals surface area contributed by atoms with Crippen molar-refractivity contribution in [1.82, 2.24) is 4.98 Å². The monoisotopic (exact) mass is 480 g/mol. The summed E-state index contributed by atoms with van der Waals surface area (Å²) in [6.07, 6.45) is 2.18. The molecule has 0 aliphatic heterocycles. The van der Waals surface area contributed by atoms with Crippen LogP contribution >= 0.6 is 11.8 Å². The van der Waals surface area contributed by atoms with Crippen LogP contribution in [0.25, 0.3) is 11.1 Å². The normalized spacial score (nSPS) is 15.5. The van der Waals surface area contributed by atoms with Crippen LogP contribution in [-0.4, -0.2) is 16.5 Å². The summed E-state index contributed by atoms with van der Waals surface area (Å²) in [7, 11) is 0. The van der Waals surface area contributed by atoms with Crippen molar-refractivity contribution in [2.75, 3.05) is 11.5 Å². The Morgan fingerprint density at radius 2 is 1.60 bits per heavy atom. The van der Waals surface area contributed by atoms with Crippen LogP contribution in [0.15, 0.2) is 53.6 Å². The molecule has 2 aromatic carbocycles. The van der Waals surface area contributed by atoms with Gasteiger partial charge in [-0.2, -0.15) is 10.5 Å². The van der Waals surface area contributed by atoms with Gasteiger partial charge < -0.3 is 5.73 Å². The number of thioether (sulfide) groups is 1. The topological polar surface area (TPSA) is 104 Å². The maximum atomic E-state index is 13.2. The maximum Gasteiger partial charge on any atom is 0.173 e. The van der Waals surface area contributed by atoms with Crippen LogP contribution in [0.2, 0.25) is 0 Å². The Bertz CT molecular complexity index is 1390. The second kappa shape index (κ2) is 9.21. The lowest BCUT2D eigenvalue weighted by atomic mass is 9.63. The van der Waals surface area contributed by atoms with Crippen LogP contribution in [0.5, 0.6) is 0 Å². The second-order valence-electron chi connectivity index (χ2n) is 10.3. The number of pyridine rings is 1. The summed E-state index contributed by atoms with van der Waals surface area (Å²) >= 11 is 1.18. The lowest BCUT2D eigenvalue weighted by Gasteiger charge is -2.42. The third-order valence-electron chi connectivity index (χ3n) is 6.99. The fourth-order valence-corrected chi connectivity index (χ4v) is 5.66. The summed E-state index contributed by atoms with van der Waals surface area (Å²) in [5.41, 5.74) is 11.0. The SMILES string of the molecule is CC1(C)CCC(C)(C)c2cc(C(=O)CSc3nc(N)c(C#N)c(-c4ccccc4)c3C#N)ccc21. The van der Waals surface area contributed by atoms with Crippen LogP contribution in [0, 0.1) is 22.7 Å². The van der Waals surface area contributed by atoms with E-state index in [1.54, 1.807) is 0 Å². The minimum Gasteiger partial charge on any atom is -0.383 e. The highest BCUT2D eigenvalue weighted by molar-refractivity contribution is 8.00. The number of ketones is 1. The number of aromatic nitrogens is 1. The highest BCUT2D eigenvalue weighted by Crippen LogP contribution is 2.46. The fraction of sp³-hybridized carbons (Fsp3) is 0.310. The fourth-order valence-electron chi connectivity index (χ4n) is 4.78. The third-order valence-corrected chi connectivity index (χ3v) is 7.97. The number of nitrogens with two attached hydrogens (primary N) is 1. The molecule has 3 aromatic rings. The molecule has 2 N–H and O–H groups in total. The number of rotatable bonds is 5.